The van der Waals surface area contributed by atoms with Gasteiger partial charge in [0.25, 0.3) is 0 Å². The van der Waals surface area contributed by atoms with Crippen LogP contribution < -0.4 is 26.4 Å². The minimum Gasteiger partial charge on any atom is -0.482 e. The molecule has 18 nitrogen and oxygen atoms in total. The summed E-state index contributed by atoms with van der Waals surface area (Å²) in [4.78, 5) is 36.3. The van der Waals surface area contributed by atoms with E-state index in [0.717, 1.165) is 46.7 Å². The molecule has 3 aliphatic heterocycles. The number of amides is 2. The Morgan fingerprint density at radius 2 is 1.08 bits per heavy atom. The van der Waals surface area contributed by atoms with Crippen LogP contribution in [0.1, 0.15) is 152 Å². The first-order valence-electron chi connectivity index (χ1n) is 27.1. The number of anilines is 2. The maximum Gasteiger partial charge on any atom is 0.498 e. The van der Waals surface area contributed by atoms with Gasteiger partial charge in [-0.1, -0.05) is 30.6 Å². The molecule has 4 N–H and O–H groups in total. The number of nitrogen functional groups attached to an aromatic ring is 2. The quantitative estimate of drug-likeness (QED) is 0.122. The molecule has 3 aliphatic rings. The van der Waals surface area contributed by atoms with Gasteiger partial charge >= 0.3 is 19.3 Å². The Kier molecular flexibility index (Phi) is 21.6. The van der Waals surface area contributed by atoms with Crippen molar-refractivity contribution in [2.75, 3.05) is 37.6 Å². The van der Waals surface area contributed by atoms with E-state index in [-0.39, 0.29) is 60.4 Å². The van der Waals surface area contributed by atoms with Gasteiger partial charge in [0.05, 0.1) is 29.5 Å². The van der Waals surface area contributed by atoms with E-state index < -0.39 is 36.3 Å². The van der Waals surface area contributed by atoms with E-state index in [4.69, 9.17) is 62.9 Å². The van der Waals surface area contributed by atoms with Crippen molar-refractivity contribution in [3.05, 3.63) is 123 Å². The molecule has 2 atom stereocenters. The summed E-state index contributed by atoms with van der Waals surface area (Å²) in [5.41, 5.74) is 13.7. The topological polar surface area (TPSA) is 209 Å². The molecule has 0 aliphatic carbocycles. The molecule has 3 fully saturated rings. The number of carbonyl (C=O) groups excluding carboxylic acids is 2. The van der Waals surface area contributed by atoms with E-state index in [9.17, 15) is 18.4 Å². The summed E-state index contributed by atoms with van der Waals surface area (Å²) in [7, 11) is -0.398. The molecule has 2 unspecified atom stereocenters. The van der Waals surface area contributed by atoms with Gasteiger partial charge in [0.1, 0.15) is 35.0 Å². The summed E-state index contributed by atoms with van der Waals surface area (Å²) in [5, 5.41) is 9.93. The first-order valence-corrected chi connectivity index (χ1v) is 28.7. The van der Waals surface area contributed by atoms with Gasteiger partial charge in [-0.2, -0.15) is 10.2 Å². The second kappa shape index (κ2) is 27.2. The molecule has 6 aromatic rings. The van der Waals surface area contributed by atoms with Gasteiger partial charge in [0.15, 0.2) is 23.1 Å². The Morgan fingerprint density at radius 1 is 0.663 bits per heavy atom. The summed E-state index contributed by atoms with van der Waals surface area (Å²) in [5.74, 6) is 0.521. The fraction of sp³-hybridized carbons (Fsp3) is 0.492. The lowest BCUT2D eigenvalue weighted by Crippen LogP contribution is -2.42. The Hall–Kier alpha value is -6.20. The van der Waals surface area contributed by atoms with Crippen LogP contribution in [0.2, 0.25) is 10.0 Å². The number of benzene rings is 2. The van der Waals surface area contributed by atoms with E-state index in [1.807, 2.05) is 97.2 Å². The third-order valence-electron chi connectivity index (χ3n) is 14.2. The maximum atomic E-state index is 13.7. The minimum atomic E-state index is -0.537. The standard InChI is InChI=1S/C26H31ClFN5O3.C19H32BN3O4.C13H11BrClFN2O.CH4/c1-16(21-12-19(28)5-6-22(21)27)35-23-11-17(13-30-24(23)29)18-14-31-33(15-18)20-7-9-32(10-8-20)25(34)36-26(2,3)4;1-17(2,3)25-16(24)22-10-8-15(9-11-22)23-13-14(12-21-23)20-26-18(4,5)19(6,7)27-20;1-7(10-5-9(16)2-3-11(10)15)19-12-4-8(14)6-18-13(12)17;/h5-6,11-16,20H,7-10H2,1-4H3,(H2,29,30);12-13,15H,8-11H2,1-7H3;2-7H,1H3,(H2,17,18);1H4. The van der Waals surface area contributed by atoms with Gasteiger partial charge in [-0.15, -0.1) is 0 Å². The first-order chi connectivity index (χ1) is 38.3. The fourth-order valence-electron chi connectivity index (χ4n) is 9.01. The third kappa shape index (κ3) is 17.7. The van der Waals surface area contributed by atoms with Crippen molar-refractivity contribution in [3.8, 4) is 22.6 Å². The van der Waals surface area contributed by atoms with Crippen molar-refractivity contribution in [1.29, 1.82) is 0 Å². The summed E-state index contributed by atoms with van der Waals surface area (Å²) in [6, 6.07) is 12.2. The maximum absolute atomic E-state index is 13.7. The third-order valence-corrected chi connectivity index (χ3v) is 15.3. The second-order valence-electron chi connectivity index (χ2n) is 23.4. The fourth-order valence-corrected chi connectivity index (χ4v) is 9.86. The molecule has 2 aromatic carbocycles. The molecule has 0 bridgehead atoms. The lowest BCUT2D eigenvalue weighted by Gasteiger charge is -2.33. The molecule has 450 valence electrons. The molecule has 7 heterocycles. The molecule has 24 heteroatoms. The monoisotopic (exact) mass is 1250 g/mol. The molecule has 4 aromatic heterocycles. The van der Waals surface area contributed by atoms with Crippen molar-refractivity contribution < 1.29 is 46.6 Å². The lowest BCUT2D eigenvalue weighted by atomic mass is 9.82. The highest BCUT2D eigenvalue weighted by molar-refractivity contribution is 9.10. The SMILES string of the molecule is C.CC(C)(C)OC(=O)N1CCC(n2cc(B3OC(C)(C)C(C)(C)O3)cn2)CC1.CC(Oc1cc(-c2cnn(C3CCN(C(=O)OC(C)(C)C)CC3)c2)cnc1N)c1cc(F)ccc1Cl.CC(Oc1cc(Br)cnc1N)c1cc(F)ccc1Cl. The van der Waals surface area contributed by atoms with Gasteiger partial charge in [0, 0.05) is 99.4 Å². The van der Waals surface area contributed by atoms with Crippen molar-refractivity contribution in [1.82, 2.24) is 39.3 Å². The second-order valence-corrected chi connectivity index (χ2v) is 25.2. The van der Waals surface area contributed by atoms with Gasteiger partial charge in [-0.3, -0.25) is 9.36 Å². The van der Waals surface area contributed by atoms with Crippen molar-refractivity contribution in [2.45, 2.75) is 163 Å². The normalized spacial score (nSPS) is 17.0. The molecule has 0 spiro atoms. The number of piperidine rings is 2. The molecule has 0 saturated carbocycles. The average Bonchev–Trinajstić information content (AvgIpc) is 3.75. The zero-order valence-corrected chi connectivity index (χ0v) is 51.6. The van der Waals surface area contributed by atoms with Crippen molar-refractivity contribution in [3.63, 3.8) is 0 Å². The van der Waals surface area contributed by atoms with E-state index in [1.165, 1.54) is 36.4 Å². The van der Waals surface area contributed by atoms with Crippen LogP contribution in [0.4, 0.5) is 30.0 Å². The van der Waals surface area contributed by atoms with Gasteiger partial charge in [0.2, 0.25) is 0 Å². The van der Waals surface area contributed by atoms with Gasteiger partial charge in [-0.05, 0) is 173 Å². The zero-order valence-electron chi connectivity index (χ0n) is 48.5. The number of ether oxygens (including phenoxy) is 4. The number of hydrogen-bond acceptors (Lipinski definition) is 14. The molecular formula is C59H78BBrCl2F2N10O8. The highest BCUT2D eigenvalue weighted by atomic mass is 79.9. The van der Waals surface area contributed by atoms with E-state index in [2.05, 4.69) is 36.1 Å². The number of hydrogen-bond donors (Lipinski definition) is 2. The van der Waals surface area contributed by atoms with E-state index >= 15 is 0 Å². The zero-order chi connectivity index (χ0) is 60.1. The summed E-state index contributed by atoms with van der Waals surface area (Å²) >= 11 is 15.5. The highest BCUT2D eigenvalue weighted by Gasteiger charge is 2.52. The predicted octanol–water partition coefficient (Wildman–Crippen LogP) is 13.8. The van der Waals surface area contributed by atoms with Crippen molar-refractivity contribution >= 4 is 75.5 Å². The number of pyridine rings is 2. The van der Waals surface area contributed by atoms with Crippen LogP contribution in [-0.4, -0.2) is 107 Å². The summed E-state index contributed by atoms with van der Waals surface area (Å²) in [6.07, 6.45) is 12.5. The number of rotatable bonds is 10. The Bertz CT molecular complexity index is 3160. The van der Waals surface area contributed by atoms with Crippen molar-refractivity contribution in [2.24, 2.45) is 0 Å². The van der Waals surface area contributed by atoms with Crippen LogP contribution in [0.25, 0.3) is 11.1 Å². The Labute approximate surface area is 505 Å². The lowest BCUT2D eigenvalue weighted by molar-refractivity contribution is 0.00578. The molecule has 9 rings (SSSR count). The van der Waals surface area contributed by atoms with Gasteiger partial charge < -0.3 is 49.5 Å². The summed E-state index contributed by atoms with van der Waals surface area (Å²) < 4.78 is 66.4. The molecule has 83 heavy (non-hydrogen) atoms. The number of nitrogens with two attached hydrogens (primary N) is 2. The van der Waals surface area contributed by atoms with Crippen LogP contribution in [-0.2, 0) is 18.8 Å². The highest BCUT2D eigenvalue weighted by Crippen LogP contribution is 2.38. The molecule has 0 radical (unpaired) electrons. The number of aromatic nitrogens is 6. The number of halogens is 5. The van der Waals surface area contributed by atoms with Crippen LogP contribution in [0.15, 0.2) is 90.2 Å². The first kappa shape index (κ1) is 66.0. The van der Waals surface area contributed by atoms with Crippen LogP contribution >= 0.6 is 39.1 Å². The van der Waals surface area contributed by atoms with Crippen LogP contribution in [0, 0.1) is 11.6 Å². The number of likely N-dealkylation sites (tertiary alicyclic amines) is 2. The Morgan fingerprint density at radius 3 is 1.54 bits per heavy atom. The number of nitrogens with zero attached hydrogens (tertiary/aromatic N) is 8. The Balaban J connectivity index is 0.000000209. The average molecular weight is 1250 g/mol. The van der Waals surface area contributed by atoms with E-state index in [0.29, 0.717) is 58.9 Å². The van der Waals surface area contributed by atoms with Crippen LogP contribution in [0.3, 0.4) is 0 Å². The number of carbonyl (C=O) groups is 2. The largest absolute Gasteiger partial charge is 0.498 e. The van der Waals surface area contributed by atoms with Gasteiger partial charge in [-0.25, -0.2) is 28.3 Å². The molecular weight excluding hydrogens is 1180 g/mol. The predicted molar refractivity (Wildman–Crippen MR) is 324 cm³/mol. The smallest absolute Gasteiger partial charge is 0.482 e. The molecule has 2 amide bonds. The van der Waals surface area contributed by atoms with Crippen LogP contribution in [0.5, 0.6) is 11.5 Å². The van der Waals surface area contributed by atoms with E-state index in [1.54, 1.807) is 54.4 Å². The minimum absolute atomic E-state index is 0. The molecule has 3 saturated heterocycles. The summed E-state index contributed by atoms with van der Waals surface area (Å²) in [6.45, 7) is 25.5.